The van der Waals surface area contributed by atoms with E-state index in [-0.39, 0.29) is 5.78 Å². The molecule has 0 aromatic heterocycles. The Morgan fingerprint density at radius 2 is 1.59 bits per heavy atom. The summed E-state index contributed by atoms with van der Waals surface area (Å²) in [7, 11) is 0. The number of halogens is 1. The molecule has 2 aromatic carbocycles. The molecule has 84 valence electrons. The predicted octanol–water partition coefficient (Wildman–Crippen LogP) is 4.19. The van der Waals surface area contributed by atoms with Crippen molar-refractivity contribution >= 4 is 34.5 Å². The maximum atomic E-state index is 11.8. The van der Waals surface area contributed by atoms with Gasteiger partial charge in [0.25, 0.3) is 0 Å². The monoisotopic (exact) mass is 334 g/mol. The summed E-state index contributed by atoms with van der Waals surface area (Å²) < 4.78 is 1.13. The summed E-state index contributed by atoms with van der Waals surface area (Å²) >= 11 is 2.22. The van der Waals surface area contributed by atoms with Gasteiger partial charge in [-0.05, 0) is 46.4 Å². The van der Waals surface area contributed by atoms with Crippen LogP contribution in [0.1, 0.15) is 15.9 Å². The molecule has 2 aromatic rings. The first-order valence-corrected chi connectivity index (χ1v) is 6.36. The molecule has 0 aliphatic rings. The lowest BCUT2D eigenvalue weighted by Gasteiger charge is -1.96. The predicted molar refractivity (Wildman–Crippen MR) is 79.0 cm³/mol. The van der Waals surface area contributed by atoms with E-state index in [1.807, 2.05) is 60.7 Å². The third-order valence-electron chi connectivity index (χ3n) is 2.36. The molecule has 0 fully saturated rings. The highest BCUT2D eigenvalue weighted by molar-refractivity contribution is 14.1. The van der Waals surface area contributed by atoms with Crippen LogP contribution in [0.4, 0.5) is 0 Å². The van der Waals surface area contributed by atoms with Gasteiger partial charge in [0, 0.05) is 9.13 Å². The van der Waals surface area contributed by atoms with Gasteiger partial charge in [-0.15, -0.1) is 0 Å². The summed E-state index contributed by atoms with van der Waals surface area (Å²) in [6.07, 6.45) is 3.44. The molecule has 1 nitrogen and oxygen atoms in total. The lowest BCUT2D eigenvalue weighted by molar-refractivity contribution is 0.104. The third-order valence-corrected chi connectivity index (χ3v) is 3.07. The zero-order chi connectivity index (χ0) is 12.1. The molecular weight excluding hydrogens is 323 g/mol. The molecule has 2 rings (SSSR count). The van der Waals surface area contributed by atoms with Gasteiger partial charge in [-0.25, -0.2) is 0 Å². The number of carbonyl (C=O) groups is 1. The van der Waals surface area contributed by atoms with Gasteiger partial charge < -0.3 is 0 Å². The number of ketones is 1. The van der Waals surface area contributed by atoms with Gasteiger partial charge >= 0.3 is 0 Å². The second kappa shape index (κ2) is 5.77. The molecule has 0 N–H and O–H groups in total. The van der Waals surface area contributed by atoms with Crippen molar-refractivity contribution in [3.63, 3.8) is 0 Å². The number of hydrogen-bond acceptors (Lipinski definition) is 1. The number of carbonyl (C=O) groups excluding carboxylic acids is 1. The molecule has 0 heterocycles. The van der Waals surface area contributed by atoms with E-state index >= 15 is 0 Å². The fourth-order valence-corrected chi connectivity index (χ4v) is 1.81. The molecule has 0 amide bonds. The highest BCUT2D eigenvalue weighted by atomic mass is 127. The van der Waals surface area contributed by atoms with Gasteiger partial charge in [0.15, 0.2) is 5.78 Å². The van der Waals surface area contributed by atoms with Crippen LogP contribution in [0.2, 0.25) is 0 Å². The van der Waals surface area contributed by atoms with Crippen LogP contribution < -0.4 is 0 Å². The van der Waals surface area contributed by atoms with Crippen molar-refractivity contribution in [2.75, 3.05) is 0 Å². The normalized spacial score (nSPS) is 10.6. The van der Waals surface area contributed by atoms with E-state index in [9.17, 15) is 4.79 Å². The molecule has 0 aliphatic heterocycles. The molecule has 0 saturated carbocycles. The molecule has 2 heteroatoms. The van der Waals surface area contributed by atoms with Gasteiger partial charge in [0.2, 0.25) is 0 Å². The zero-order valence-corrected chi connectivity index (χ0v) is 11.3. The topological polar surface area (TPSA) is 17.1 Å². The Labute approximate surface area is 114 Å². The Morgan fingerprint density at radius 3 is 2.24 bits per heavy atom. The Bertz CT molecular complexity index is 527. The summed E-state index contributed by atoms with van der Waals surface area (Å²) in [4.78, 5) is 11.8. The van der Waals surface area contributed by atoms with Gasteiger partial charge in [-0.3, -0.25) is 4.79 Å². The first-order chi connectivity index (χ1) is 8.25. The second-order valence-electron chi connectivity index (χ2n) is 3.62. The zero-order valence-electron chi connectivity index (χ0n) is 9.14. The quantitative estimate of drug-likeness (QED) is 0.467. The molecule has 0 bridgehead atoms. The van der Waals surface area contributed by atoms with Crippen LogP contribution in [0.25, 0.3) is 6.08 Å². The molecular formula is C15H11IO. The Kier molecular flexibility index (Phi) is 4.09. The van der Waals surface area contributed by atoms with Crippen LogP contribution in [0.5, 0.6) is 0 Å². The van der Waals surface area contributed by atoms with E-state index in [1.165, 1.54) is 0 Å². The standard InChI is InChI=1S/C15H11IO/c16-14-9-7-13(8-10-14)15(17)11-6-12-4-2-1-3-5-12/h1-11H/b11-6-. The number of allylic oxidation sites excluding steroid dienone is 1. The summed E-state index contributed by atoms with van der Waals surface area (Å²) in [5.41, 5.74) is 1.75. The molecule has 0 aliphatic carbocycles. The van der Waals surface area contributed by atoms with Gasteiger partial charge in [-0.2, -0.15) is 0 Å². The lowest BCUT2D eigenvalue weighted by Crippen LogP contribution is -1.93. The van der Waals surface area contributed by atoms with Crippen LogP contribution in [-0.4, -0.2) is 5.78 Å². The van der Waals surface area contributed by atoms with E-state index in [0.717, 1.165) is 14.7 Å². The van der Waals surface area contributed by atoms with Gasteiger partial charge in [-0.1, -0.05) is 48.5 Å². The minimum Gasteiger partial charge on any atom is -0.289 e. The van der Waals surface area contributed by atoms with Crippen molar-refractivity contribution in [3.8, 4) is 0 Å². The maximum Gasteiger partial charge on any atom is 0.185 e. The van der Waals surface area contributed by atoms with E-state index in [1.54, 1.807) is 6.08 Å². The molecule has 17 heavy (non-hydrogen) atoms. The first kappa shape index (κ1) is 12.0. The van der Waals surface area contributed by atoms with Crippen LogP contribution in [-0.2, 0) is 0 Å². The summed E-state index contributed by atoms with van der Waals surface area (Å²) in [5.74, 6) is 0.0326. The van der Waals surface area contributed by atoms with E-state index in [2.05, 4.69) is 22.6 Å². The van der Waals surface area contributed by atoms with Crippen molar-refractivity contribution in [2.24, 2.45) is 0 Å². The van der Waals surface area contributed by atoms with Crippen LogP contribution in [0.3, 0.4) is 0 Å². The summed E-state index contributed by atoms with van der Waals surface area (Å²) in [6.45, 7) is 0. The fourth-order valence-electron chi connectivity index (χ4n) is 1.45. The largest absolute Gasteiger partial charge is 0.289 e. The van der Waals surface area contributed by atoms with Crippen LogP contribution in [0, 0.1) is 3.57 Å². The lowest BCUT2D eigenvalue weighted by atomic mass is 10.1. The first-order valence-electron chi connectivity index (χ1n) is 5.29. The molecule has 0 atom stereocenters. The summed E-state index contributed by atoms with van der Waals surface area (Å²) in [5, 5.41) is 0. The molecule has 0 unspecified atom stereocenters. The highest BCUT2D eigenvalue weighted by Gasteiger charge is 2.00. The molecule has 0 spiro atoms. The average molecular weight is 334 g/mol. The summed E-state index contributed by atoms with van der Waals surface area (Å²) in [6, 6.07) is 17.4. The van der Waals surface area contributed by atoms with E-state index in [4.69, 9.17) is 0 Å². The number of rotatable bonds is 3. The average Bonchev–Trinajstić information content (AvgIpc) is 2.38. The van der Waals surface area contributed by atoms with Crippen molar-refractivity contribution in [1.29, 1.82) is 0 Å². The number of hydrogen-bond donors (Lipinski definition) is 0. The van der Waals surface area contributed by atoms with Crippen LogP contribution in [0.15, 0.2) is 60.7 Å². The number of benzene rings is 2. The Morgan fingerprint density at radius 1 is 0.941 bits per heavy atom. The smallest absolute Gasteiger partial charge is 0.185 e. The Balaban J connectivity index is 2.12. The van der Waals surface area contributed by atoms with Crippen molar-refractivity contribution in [3.05, 3.63) is 75.4 Å². The van der Waals surface area contributed by atoms with Gasteiger partial charge in [0.05, 0.1) is 0 Å². The minimum atomic E-state index is 0.0326. The van der Waals surface area contributed by atoms with Crippen molar-refractivity contribution in [1.82, 2.24) is 0 Å². The van der Waals surface area contributed by atoms with E-state index in [0.29, 0.717) is 0 Å². The second-order valence-corrected chi connectivity index (χ2v) is 4.86. The van der Waals surface area contributed by atoms with Crippen molar-refractivity contribution < 1.29 is 4.79 Å². The molecule has 0 radical (unpaired) electrons. The molecule has 0 saturated heterocycles. The third kappa shape index (κ3) is 3.53. The SMILES string of the molecule is O=C(/C=C\c1ccccc1)c1ccc(I)cc1. The minimum absolute atomic E-state index is 0.0326. The Hall–Kier alpha value is -1.42. The fraction of sp³-hybridized carbons (Fsp3) is 0. The van der Waals surface area contributed by atoms with Crippen LogP contribution >= 0.6 is 22.6 Å². The van der Waals surface area contributed by atoms with Crippen molar-refractivity contribution in [2.45, 2.75) is 0 Å². The van der Waals surface area contributed by atoms with E-state index < -0.39 is 0 Å². The highest BCUT2D eigenvalue weighted by Crippen LogP contribution is 2.09. The maximum absolute atomic E-state index is 11.8. The van der Waals surface area contributed by atoms with Gasteiger partial charge in [0.1, 0.15) is 0 Å².